The molecule has 20 heavy (non-hydrogen) atoms. The highest BCUT2D eigenvalue weighted by atomic mass is 16.4. The molecule has 0 aliphatic carbocycles. The lowest BCUT2D eigenvalue weighted by atomic mass is 9.85. The van der Waals surface area contributed by atoms with Crippen LogP contribution in [0.3, 0.4) is 0 Å². The van der Waals surface area contributed by atoms with Gasteiger partial charge >= 0.3 is 5.97 Å². The third-order valence-electron chi connectivity index (χ3n) is 3.60. The summed E-state index contributed by atoms with van der Waals surface area (Å²) in [5.41, 5.74) is 2.02. The third-order valence-corrected chi connectivity index (χ3v) is 3.60. The van der Waals surface area contributed by atoms with Gasteiger partial charge in [-0.15, -0.1) is 0 Å². The molecule has 0 aliphatic heterocycles. The van der Waals surface area contributed by atoms with Crippen LogP contribution in [0.4, 0.5) is 0 Å². The van der Waals surface area contributed by atoms with Crippen LogP contribution in [0.25, 0.3) is 0 Å². The van der Waals surface area contributed by atoms with Crippen LogP contribution in [-0.2, 0) is 16.0 Å². The predicted molar refractivity (Wildman–Crippen MR) is 80.0 cm³/mol. The van der Waals surface area contributed by atoms with Gasteiger partial charge in [-0.05, 0) is 30.4 Å². The Bertz CT molecular complexity index is 451. The molecule has 0 fully saturated rings. The summed E-state index contributed by atoms with van der Waals surface area (Å²) in [4.78, 5) is 23.0. The van der Waals surface area contributed by atoms with E-state index in [0.717, 1.165) is 43.2 Å². The lowest BCUT2D eigenvalue weighted by molar-refractivity contribution is -0.149. The van der Waals surface area contributed by atoms with E-state index in [0.29, 0.717) is 6.42 Å². The van der Waals surface area contributed by atoms with Gasteiger partial charge in [-0.3, -0.25) is 4.79 Å². The molecule has 0 saturated carbocycles. The van der Waals surface area contributed by atoms with Gasteiger partial charge in [-0.25, -0.2) is 4.79 Å². The van der Waals surface area contributed by atoms with Gasteiger partial charge in [-0.2, -0.15) is 0 Å². The molecule has 0 aromatic heterocycles. The van der Waals surface area contributed by atoms with Gasteiger partial charge in [0.25, 0.3) is 0 Å². The maximum absolute atomic E-state index is 12.0. The molecule has 1 N–H and O–H groups in total. The zero-order chi connectivity index (χ0) is 15.0. The second-order valence-electron chi connectivity index (χ2n) is 5.17. The first-order valence-electron chi connectivity index (χ1n) is 7.46. The van der Waals surface area contributed by atoms with Crippen molar-refractivity contribution < 1.29 is 14.7 Å². The average Bonchev–Trinajstić information content (AvgIpc) is 2.46. The minimum Gasteiger partial charge on any atom is -0.475 e. The van der Waals surface area contributed by atoms with E-state index in [1.807, 2.05) is 31.2 Å². The number of Topliss-reactive ketones (excluding diaryl/α,β-unsaturated/α-hetero) is 1. The Morgan fingerprint density at radius 3 is 2.35 bits per heavy atom. The van der Waals surface area contributed by atoms with Crippen LogP contribution in [0.5, 0.6) is 0 Å². The SMILES string of the molecule is CCCCc1ccccc1C(CCCC)C(=O)C(=O)O. The number of hydrogen-bond donors (Lipinski definition) is 1. The summed E-state index contributed by atoms with van der Waals surface area (Å²) in [6.07, 6.45) is 5.49. The molecular weight excluding hydrogens is 252 g/mol. The number of aryl methyl sites for hydroxylation is 1. The van der Waals surface area contributed by atoms with E-state index < -0.39 is 17.7 Å². The van der Waals surface area contributed by atoms with Crippen LogP contribution in [0.1, 0.15) is 63.0 Å². The summed E-state index contributed by atoms with van der Waals surface area (Å²) >= 11 is 0. The molecule has 1 aromatic carbocycles. The van der Waals surface area contributed by atoms with Crippen LogP contribution < -0.4 is 0 Å². The second kappa shape index (κ2) is 8.51. The van der Waals surface area contributed by atoms with Crippen LogP contribution >= 0.6 is 0 Å². The fraction of sp³-hybridized carbons (Fsp3) is 0.529. The average molecular weight is 276 g/mol. The van der Waals surface area contributed by atoms with Gasteiger partial charge in [0, 0.05) is 0 Å². The van der Waals surface area contributed by atoms with Crippen molar-refractivity contribution in [3.05, 3.63) is 35.4 Å². The van der Waals surface area contributed by atoms with Crippen LogP contribution in [-0.4, -0.2) is 16.9 Å². The molecule has 0 spiro atoms. The smallest absolute Gasteiger partial charge is 0.372 e. The predicted octanol–water partition coefficient (Wildman–Crippen LogP) is 3.96. The van der Waals surface area contributed by atoms with Gasteiger partial charge in [0.1, 0.15) is 0 Å². The quantitative estimate of drug-likeness (QED) is 0.695. The van der Waals surface area contributed by atoms with E-state index >= 15 is 0 Å². The second-order valence-corrected chi connectivity index (χ2v) is 5.17. The highest BCUT2D eigenvalue weighted by Crippen LogP contribution is 2.27. The number of carboxylic acid groups (broad SMARTS) is 1. The highest BCUT2D eigenvalue weighted by Gasteiger charge is 2.27. The van der Waals surface area contributed by atoms with Crippen molar-refractivity contribution in [2.45, 2.75) is 58.3 Å². The van der Waals surface area contributed by atoms with E-state index in [1.54, 1.807) is 0 Å². The maximum Gasteiger partial charge on any atom is 0.372 e. The maximum atomic E-state index is 12.0. The Morgan fingerprint density at radius 2 is 1.75 bits per heavy atom. The number of carbonyl (C=O) groups is 2. The molecule has 1 unspecified atom stereocenters. The van der Waals surface area contributed by atoms with Crippen LogP contribution in [0.2, 0.25) is 0 Å². The molecule has 0 bridgehead atoms. The van der Waals surface area contributed by atoms with Crippen molar-refractivity contribution >= 4 is 11.8 Å². The third kappa shape index (κ3) is 4.48. The zero-order valence-corrected chi connectivity index (χ0v) is 12.4. The summed E-state index contributed by atoms with van der Waals surface area (Å²) < 4.78 is 0. The van der Waals surface area contributed by atoms with Gasteiger partial charge in [0.05, 0.1) is 5.92 Å². The standard InChI is InChI=1S/C17H24O3/c1-3-5-9-13-10-7-8-12-14(13)15(11-6-4-2)16(18)17(19)20/h7-8,10,12,15H,3-6,9,11H2,1-2H3,(H,19,20). The van der Waals surface area contributed by atoms with Crippen molar-refractivity contribution in [1.82, 2.24) is 0 Å². The molecule has 0 saturated heterocycles. The summed E-state index contributed by atoms with van der Waals surface area (Å²) in [5, 5.41) is 9.03. The van der Waals surface area contributed by atoms with E-state index in [9.17, 15) is 9.59 Å². The Morgan fingerprint density at radius 1 is 1.10 bits per heavy atom. The molecule has 0 heterocycles. The van der Waals surface area contributed by atoms with E-state index in [1.165, 1.54) is 0 Å². The van der Waals surface area contributed by atoms with Gasteiger partial charge in [0.2, 0.25) is 5.78 Å². The molecule has 0 amide bonds. The fourth-order valence-electron chi connectivity index (χ4n) is 2.45. The first kappa shape index (κ1) is 16.4. The van der Waals surface area contributed by atoms with Crippen LogP contribution in [0, 0.1) is 0 Å². The highest BCUT2D eigenvalue weighted by molar-refractivity contribution is 6.35. The minimum atomic E-state index is -1.32. The first-order chi connectivity index (χ1) is 9.61. The Hall–Kier alpha value is -1.64. The summed E-state index contributed by atoms with van der Waals surface area (Å²) in [7, 11) is 0. The number of unbranched alkanes of at least 4 members (excludes halogenated alkanes) is 2. The topological polar surface area (TPSA) is 54.4 Å². The Labute approximate surface area is 121 Å². The number of rotatable bonds is 9. The van der Waals surface area contributed by atoms with Gasteiger partial charge in [0.15, 0.2) is 0 Å². The molecule has 3 heteroatoms. The van der Waals surface area contributed by atoms with Crippen molar-refractivity contribution in [2.75, 3.05) is 0 Å². The largest absolute Gasteiger partial charge is 0.475 e. The molecule has 1 aromatic rings. The Kier molecular flexibility index (Phi) is 6.99. The number of aliphatic carboxylic acids is 1. The minimum absolute atomic E-state index is 0.500. The fourth-order valence-corrected chi connectivity index (χ4v) is 2.45. The summed E-state index contributed by atoms with van der Waals surface area (Å²) in [6.45, 7) is 4.17. The zero-order valence-electron chi connectivity index (χ0n) is 12.4. The van der Waals surface area contributed by atoms with Crippen molar-refractivity contribution in [1.29, 1.82) is 0 Å². The molecule has 110 valence electrons. The van der Waals surface area contributed by atoms with Gasteiger partial charge < -0.3 is 5.11 Å². The number of carboxylic acids is 1. The number of ketones is 1. The number of benzene rings is 1. The molecular formula is C17H24O3. The molecule has 1 atom stereocenters. The number of carbonyl (C=O) groups excluding carboxylic acids is 1. The lowest BCUT2D eigenvalue weighted by Gasteiger charge is -2.17. The molecule has 0 radical (unpaired) electrons. The number of hydrogen-bond acceptors (Lipinski definition) is 2. The molecule has 1 rings (SSSR count). The monoisotopic (exact) mass is 276 g/mol. The first-order valence-corrected chi connectivity index (χ1v) is 7.46. The lowest BCUT2D eigenvalue weighted by Crippen LogP contribution is -2.22. The van der Waals surface area contributed by atoms with E-state index in [-0.39, 0.29) is 0 Å². The summed E-state index contributed by atoms with van der Waals surface area (Å²) in [6, 6.07) is 7.76. The normalized spacial score (nSPS) is 12.1. The van der Waals surface area contributed by atoms with E-state index in [2.05, 4.69) is 6.92 Å². The Balaban J connectivity index is 3.05. The summed E-state index contributed by atoms with van der Waals surface area (Å²) in [5.74, 6) is -2.50. The molecule has 3 nitrogen and oxygen atoms in total. The van der Waals surface area contributed by atoms with Crippen molar-refractivity contribution in [2.24, 2.45) is 0 Å². The van der Waals surface area contributed by atoms with Gasteiger partial charge in [-0.1, -0.05) is 57.4 Å². The van der Waals surface area contributed by atoms with E-state index in [4.69, 9.17) is 5.11 Å². The van der Waals surface area contributed by atoms with Crippen molar-refractivity contribution in [3.63, 3.8) is 0 Å². The van der Waals surface area contributed by atoms with Crippen LogP contribution in [0.15, 0.2) is 24.3 Å². The van der Waals surface area contributed by atoms with Crippen molar-refractivity contribution in [3.8, 4) is 0 Å². The molecule has 0 aliphatic rings.